The summed E-state index contributed by atoms with van der Waals surface area (Å²) in [5.74, 6) is 0.928. The molecule has 0 spiro atoms. The fourth-order valence-electron chi connectivity index (χ4n) is 3.47. The maximum Gasteiger partial charge on any atom is 0.239 e. The van der Waals surface area contributed by atoms with E-state index in [9.17, 15) is 4.79 Å². The van der Waals surface area contributed by atoms with Crippen LogP contribution in [-0.4, -0.2) is 61.0 Å². The van der Waals surface area contributed by atoms with E-state index in [1.54, 1.807) is 0 Å². The summed E-state index contributed by atoms with van der Waals surface area (Å²) in [5, 5.41) is 3.33. The molecule has 18 heavy (non-hydrogen) atoms. The minimum Gasteiger partial charge on any atom is -0.338 e. The SMILES string of the molecule is CCNC1CCCN(C2CCN(C)CC2C)C1=O. The summed E-state index contributed by atoms with van der Waals surface area (Å²) in [7, 11) is 2.17. The van der Waals surface area contributed by atoms with Crippen LogP contribution < -0.4 is 5.32 Å². The second-order valence-electron chi connectivity index (χ2n) is 5.88. The molecule has 0 aromatic rings. The number of hydrogen-bond acceptors (Lipinski definition) is 3. The van der Waals surface area contributed by atoms with Gasteiger partial charge in [0.25, 0.3) is 0 Å². The maximum atomic E-state index is 12.5. The van der Waals surface area contributed by atoms with Gasteiger partial charge in [-0.3, -0.25) is 4.79 Å². The molecule has 0 aromatic carbocycles. The smallest absolute Gasteiger partial charge is 0.239 e. The Labute approximate surface area is 111 Å². The van der Waals surface area contributed by atoms with Gasteiger partial charge in [0, 0.05) is 19.1 Å². The predicted molar refractivity (Wildman–Crippen MR) is 73.5 cm³/mol. The lowest BCUT2D eigenvalue weighted by atomic mass is 9.90. The van der Waals surface area contributed by atoms with Gasteiger partial charge in [-0.1, -0.05) is 13.8 Å². The lowest BCUT2D eigenvalue weighted by molar-refractivity contribution is -0.141. The van der Waals surface area contributed by atoms with E-state index in [1.807, 2.05) is 0 Å². The average molecular weight is 253 g/mol. The minimum atomic E-state index is 0.0654. The van der Waals surface area contributed by atoms with Crippen LogP contribution in [0.25, 0.3) is 0 Å². The molecule has 0 bridgehead atoms. The maximum absolute atomic E-state index is 12.5. The predicted octanol–water partition coefficient (Wildman–Crippen LogP) is 0.927. The van der Waals surface area contributed by atoms with Crippen LogP contribution >= 0.6 is 0 Å². The molecule has 1 amide bonds. The summed E-state index contributed by atoms with van der Waals surface area (Å²) < 4.78 is 0. The number of likely N-dealkylation sites (N-methyl/N-ethyl adjacent to an activating group) is 1. The van der Waals surface area contributed by atoms with Gasteiger partial charge in [0.2, 0.25) is 5.91 Å². The van der Waals surface area contributed by atoms with Crippen LogP contribution in [0.3, 0.4) is 0 Å². The number of hydrogen-bond donors (Lipinski definition) is 1. The van der Waals surface area contributed by atoms with E-state index < -0.39 is 0 Å². The molecule has 2 heterocycles. The van der Waals surface area contributed by atoms with Crippen molar-refractivity contribution in [3.05, 3.63) is 0 Å². The van der Waals surface area contributed by atoms with Crippen LogP contribution in [0.2, 0.25) is 0 Å². The van der Waals surface area contributed by atoms with Crippen LogP contribution in [0, 0.1) is 5.92 Å². The standard InChI is InChI=1S/C14H27N3O/c1-4-15-12-6-5-8-17(14(12)18)13-7-9-16(3)10-11(13)2/h11-13,15H,4-10H2,1-3H3. The van der Waals surface area contributed by atoms with Crippen molar-refractivity contribution in [2.24, 2.45) is 5.92 Å². The first-order valence-electron chi connectivity index (χ1n) is 7.36. The molecule has 1 N–H and O–H groups in total. The van der Waals surface area contributed by atoms with Gasteiger partial charge in [-0.25, -0.2) is 0 Å². The fourth-order valence-corrected chi connectivity index (χ4v) is 3.47. The zero-order valence-corrected chi connectivity index (χ0v) is 12.0. The molecule has 2 aliphatic rings. The van der Waals surface area contributed by atoms with E-state index in [1.165, 1.54) is 0 Å². The molecule has 2 fully saturated rings. The lowest BCUT2D eigenvalue weighted by Gasteiger charge is -2.44. The Balaban J connectivity index is 2.00. The van der Waals surface area contributed by atoms with E-state index in [2.05, 4.69) is 36.0 Å². The van der Waals surface area contributed by atoms with E-state index >= 15 is 0 Å². The van der Waals surface area contributed by atoms with Crippen LogP contribution in [0.1, 0.15) is 33.1 Å². The molecule has 2 saturated heterocycles. The molecule has 2 aliphatic heterocycles. The number of likely N-dealkylation sites (tertiary alicyclic amines) is 2. The Kier molecular flexibility index (Phi) is 4.62. The van der Waals surface area contributed by atoms with Gasteiger partial charge in [0.15, 0.2) is 0 Å². The van der Waals surface area contributed by atoms with E-state index in [-0.39, 0.29) is 6.04 Å². The van der Waals surface area contributed by atoms with Crippen molar-refractivity contribution in [2.45, 2.75) is 45.2 Å². The van der Waals surface area contributed by atoms with E-state index in [0.717, 1.165) is 45.4 Å². The van der Waals surface area contributed by atoms with Gasteiger partial charge < -0.3 is 15.1 Å². The molecule has 0 radical (unpaired) electrons. The van der Waals surface area contributed by atoms with Crippen LogP contribution in [0.5, 0.6) is 0 Å². The molecule has 4 nitrogen and oxygen atoms in total. The molecular formula is C14H27N3O. The second-order valence-corrected chi connectivity index (χ2v) is 5.88. The van der Waals surface area contributed by atoms with Gasteiger partial charge in [0.1, 0.15) is 0 Å². The van der Waals surface area contributed by atoms with Crippen LogP contribution in [0.4, 0.5) is 0 Å². The van der Waals surface area contributed by atoms with Crippen LogP contribution in [-0.2, 0) is 4.79 Å². The highest BCUT2D eigenvalue weighted by Gasteiger charge is 2.36. The number of carbonyl (C=O) groups excluding carboxylic acids is 1. The highest BCUT2D eigenvalue weighted by Crippen LogP contribution is 2.25. The molecule has 0 aliphatic carbocycles. The number of amides is 1. The zero-order valence-electron chi connectivity index (χ0n) is 12.0. The summed E-state index contributed by atoms with van der Waals surface area (Å²) in [5.41, 5.74) is 0. The monoisotopic (exact) mass is 253 g/mol. The number of piperidine rings is 2. The highest BCUT2D eigenvalue weighted by atomic mass is 16.2. The number of carbonyl (C=O) groups is 1. The van der Waals surface area contributed by atoms with Crippen LogP contribution in [0.15, 0.2) is 0 Å². The zero-order chi connectivity index (χ0) is 13.1. The second kappa shape index (κ2) is 6.02. The Morgan fingerprint density at radius 1 is 1.33 bits per heavy atom. The Morgan fingerprint density at radius 2 is 2.11 bits per heavy atom. The largest absolute Gasteiger partial charge is 0.338 e. The van der Waals surface area contributed by atoms with Crippen molar-refractivity contribution in [1.29, 1.82) is 0 Å². The molecule has 104 valence electrons. The molecule has 3 atom stereocenters. The molecular weight excluding hydrogens is 226 g/mol. The normalized spacial score (nSPS) is 34.9. The van der Waals surface area contributed by atoms with Gasteiger partial charge >= 0.3 is 0 Å². The molecule has 2 rings (SSSR count). The minimum absolute atomic E-state index is 0.0654. The Bertz CT molecular complexity index is 293. The average Bonchev–Trinajstić information content (AvgIpc) is 2.33. The Hall–Kier alpha value is -0.610. The first-order chi connectivity index (χ1) is 8.63. The first-order valence-corrected chi connectivity index (χ1v) is 7.36. The van der Waals surface area contributed by atoms with E-state index in [0.29, 0.717) is 17.9 Å². The molecule has 0 aromatic heterocycles. The van der Waals surface area contributed by atoms with Crippen molar-refractivity contribution in [2.75, 3.05) is 33.2 Å². The topological polar surface area (TPSA) is 35.6 Å². The molecule has 4 heteroatoms. The summed E-state index contributed by atoms with van der Waals surface area (Å²) in [6.45, 7) is 8.42. The number of rotatable bonds is 3. The van der Waals surface area contributed by atoms with Gasteiger partial charge in [-0.05, 0) is 45.3 Å². The van der Waals surface area contributed by atoms with Crippen molar-refractivity contribution < 1.29 is 4.79 Å². The number of nitrogens with one attached hydrogen (secondary N) is 1. The van der Waals surface area contributed by atoms with Gasteiger partial charge in [-0.15, -0.1) is 0 Å². The van der Waals surface area contributed by atoms with Crippen molar-refractivity contribution in [3.63, 3.8) is 0 Å². The molecule has 3 unspecified atom stereocenters. The van der Waals surface area contributed by atoms with Crippen molar-refractivity contribution in [3.8, 4) is 0 Å². The third-order valence-electron chi connectivity index (χ3n) is 4.39. The summed E-state index contributed by atoms with van der Waals surface area (Å²) in [4.78, 5) is 17.0. The quantitative estimate of drug-likeness (QED) is 0.812. The summed E-state index contributed by atoms with van der Waals surface area (Å²) in [6.07, 6.45) is 3.27. The third kappa shape index (κ3) is 2.86. The summed E-state index contributed by atoms with van der Waals surface area (Å²) >= 11 is 0. The lowest BCUT2D eigenvalue weighted by Crippen LogP contribution is -2.58. The highest BCUT2D eigenvalue weighted by molar-refractivity contribution is 5.83. The molecule has 0 saturated carbocycles. The van der Waals surface area contributed by atoms with E-state index in [4.69, 9.17) is 0 Å². The third-order valence-corrected chi connectivity index (χ3v) is 4.39. The van der Waals surface area contributed by atoms with Gasteiger partial charge in [0.05, 0.1) is 6.04 Å². The van der Waals surface area contributed by atoms with Crippen molar-refractivity contribution in [1.82, 2.24) is 15.1 Å². The Morgan fingerprint density at radius 3 is 2.78 bits per heavy atom. The number of nitrogens with zero attached hydrogens (tertiary/aromatic N) is 2. The fraction of sp³-hybridized carbons (Fsp3) is 0.929. The first kappa shape index (κ1) is 13.8. The van der Waals surface area contributed by atoms with Crippen molar-refractivity contribution >= 4 is 5.91 Å². The van der Waals surface area contributed by atoms with Gasteiger partial charge in [-0.2, -0.15) is 0 Å². The summed E-state index contributed by atoms with van der Waals surface area (Å²) in [6, 6.07) is 0.519.